The molecule has 264 valence electrons. The molecule has 2 bridgehead atoms. The Balaban J connectivity index is 1.37. The zero-order valence-electron chi connectivity index (χ0n) is 29.3. The molecule has 4 fully saturated rings. The summed E-state index contributed by atoms with van der Waals surface area (Å²) in [5, 5.41) is 52.1. The molecule has 4 aliphatic carbocycles. The molecular weight excluding hydrogens is 598 g/mol. The van der Waals surface area contributed by atoms with Gasteiger partial charge in [0.2, 0.25) is 0 Å². The summed E-state index contributed by atoms with van der Waals surface area (Å²) >= 11 is 0. The van der Waals surface area contributed by atoms with Gasteiger partial charge in [-0.2, -0.15) is 0 Å². The minimum absolute atomic E-state index is 0.0126. The summed E-state index contributed by atoms with van der Waals surface area (Å²) in [6, 6.07) is 0. The SMILES string of the molecule is CNCCC1C(C)C2OC1C(O)C(C)(O)C1CCC3(O)C4=CC(=O)C5CC(OCCCOC)CCC5(C)C4CC(CC#CC2O)C13C. The number of hydrogen-bond donors (Lipinski definition) is 5. The first kappa shape index (κ1) is 35.5. The van der Waals surface area contributed by atoms with Crippen molar-refractivity contribution in [2.24, 2.45) is 46.3 Å². The van der Waals surface area contributed by atoms with E-state index >= 15 is 0 Å². The maximum Gasteiger partial charge on any atom is 0.159 e. The Hall–Kier alpha value is -1.35. The highest BCUT2D eigenvalue weighted by molar-refractivity contribution is 5.95. The summed E-state index contributed by atoms with van der Waals surface area (Å²) in [7, 11) is 3.57. The van der Waals surface area contributed by atoms with Crippen LogP contribution in [0.25, 0.3) is 0 Å². The van der Waals surface area contributed by atoms with E-state index in [0.717, 1.165) is 37.7 Å². The van der Waals surface area contributed by atoms with Gasteiger partial charge in [0.15, 0.2) is 5.78 Å². The molecule has 15 unspecified atom stereocenters. The number of carbonyl (C=O) groups excluding carboxylic acids is 1. The van der Waals surface area contributed by atoms with Gasteiger partial charge in [0.1, 0.15) is 12.2 Å². The normalized spacial score (nSPS) is 50.6. The van der Waals surface area contributed by atoms with Crippen molar-refractivity contribution in [2.75, 3.05) is 33.9 Å². The van der Waals surface area contributed by atoms with Crippen LogP contribution in [0.1, 0.15) is 85.5 Å². The van der Waals surface area contributed by atoms with Crippen molar-refractivity contribution in [1.82, 2.24) is 5.32 Å². The highest BCUT2D eigenvalue weighted by Gasteiger charge is 2.72. The van der Waals surface area contributed by atoms with E-state index in [2.05, 4.69) is 31.0 Å². The van der Waals surface area contributed by atoms with Crippen LogP contribution in [0.5, 0.6) is 0 Å². The molecule has 47 heavy (non-hydrogen) atoms. The number of carbonyl (C=O) groups is 1. The largest absolute Gasteiger partial charge is 0.387 e. The van der Waals surface area contributed by atoms with Crippen molar-refractivity contribution in [3.63, 3.8) is 0 Å². The number of hydrogen-bond acceptors (Lipinski definition) is 9. The lowest BCUT2D eigenvalue weighted by atomic mass is 9.43. The van der Waals surface area contributed by atoms with Crippen LogP contribution >= 0.6 is 0 Å². The zero-order valence-corrected chi connectivity index (χ0v) is 29.3. The number of aliphatic hydroxyl groups excluding tert-OH is 2. The van der Waals surface area contributed by atoms with Gasteiger partial charge < -0.3 is 40.0 Å². The summed E-state index contributed by atoms with van der Waals surface area (Å²) in [4.78, 5) is 14.0. The zero-order chi connectivity index (χ0) is 33.9. The van der Waals surface area contributed by atoms with Gasteiger partial charge in [0, 0.05) is 38.1 Å². The monoisotopic (exact) mass is 657 g/mol. The van der Waals surface area contributed by atoms with E-state index in [1.807, 2.05) is 14.0 Å². The van der Waals surface area contributed by atoms with E-state index in [1.165, 1.54) is 0 Å². The Morgan fingerprint density at radius 1 is 1.06 bits per heavy atom. The Morgan fingerprint density at radius 2 is 1.83 bits per heavy atom. The van der Waals surface area contributed by atoms with E-state index in [4.69, 9.17) is 14.2 Å². The van der Waals surface area contributed by atoms with Crippen molar-refractivity contribution in [1.29, 1.82) is 0 Å². The first-order valence-corrected chi connectivity index (χ1v) is 18.2. The summed E-state index contributed by atoms with van der Waals surface area (Å²) < 4.78 is 17.8. The number of fused-ring (bicyclic) bond motifs is 6. The fraction of sp³-hybridized carbons (Fsp3) is 0.868. The summed E-state index contributed by atoms with van der Waals surface area (Å²) in [6.45, 7) is 10.0. The minimum atomic E-state index is -1.59. The molecule has 0 aromatic carbocycles. The van der Waals surface area contributed by atoms with Crippen LogP contribution in [0.4, 0.5) is 0 Å². The van der Waals surface area contributed by atoms with E-state index in [1.54, 1.807) is 20.1 Å². The molecule has 9 nitrogen and oxygen atoms in total. The molecule has 0 spiro atoms. The Labute approximate surface area is 281 Å². The van der Waals surface area contributed by atoms with Gasteiger partial charge in [-0.05, 0) is 119 Å². The van der Waals surface area contributed by atoms with Crippen molar-refractivity contribution >= 4 is 5.78 Å². The smallest absolute Gasteiger partial charge is 0.159 e. The average molecular weight is 658 g/mol. The van der Waals surface area contributed by atoms with Crippen molar-refractivity contribution in [2.45, 2.75) is 127 Å². The minimum Gasteiger partial charge on any atom is -0.387 e. The molecule has 0 radical (unpaired) electrons. The van der Waals surface area contributed by atoms with Crippen molar-refractivity contribution in [3.05, 3.63) is 11.6 Å². The lowest BCUT2D eigenvalue weighted by Gasteiger charge is -2.63. The molecule has 0 aromatic rings. The number of ketones is 1. The second-order valence-electron chi connectivity index (χ2n) is 16.5. The third-order valence-electron chi connectivity index (χ3n) is 14.4. The maximum atomic E-state index is 14.0. The van der Waals surface area contributed by atoms with Crippen LogP contribution in [-0.2, 0) is 19.0 Å². The predicted octanol–water partition coefficient (Wildman–Crippen LogP) is 3.02. The molecule has 0 amide bonds. The fourth-order valence-corrected chi connectivity index (χ4v) is 11.6. The number of nitrogens with one attached hydrogen (secondary N) is 1. The molecule has 6 aliphatic rings. The van der Waals surface area contributed by atoms with Gasteiger partial charge in [0.25, 0.3) is 0 Å². The molecule has 9 heteroatoms. The van der Waals surface area contributed by atoms with Crippen LogP contribution < -0.4 is 5.32 Å². The van der Waals surface area contributed by atoms with Gasteiger partial charge in [-0.15, -0.1) is 5.92 Å². The van der Waals surface area contributed by atoms with E-state index < -0.39 is 47.0 Å². The van der Waals surface area contributed by atoms with Crippen molar-refractivity contribution in [3.8, 4) is 11.8 Å². The molecule has 1 saturated heterocycles. The first-order chi connectivity index (χ1) is 22.3. The van der Waals surface area contributed by atoms with Gasteiger partial charge >= 0.3 is 0 Å². The highest BCUT2D eigenvalue weighted by atomic mass is 16.5. The van der Waals surface area contributed by atoms with Crippen LogP contribution in [0, 0.1) is 58.2 Å². The lowest BCUT2D eigenvalue weighted by Crippen LogP contribution is -2.66. The van der Waals surface area contributed by atoms with Gasteiger partial charge in [-0.1, -0.05) is 26.7 Å². The van der Waals surface area contributed by atoms with E-state index in [9.17, 15) is 25.2 Å². The second kappa shape index (κ2) is 13.1. The Morgan fingerprint density at radius 3 is 2.55 bits per heavy atom. The van der Waals surface area contributed by atoms with Crippen LogP contribution in [0.3, 0.4) is 0 Å². The molecule has 15 atom stereocenters. The molecule has 6 rings (SSSR count). The quantitative estimate of drug-likeness (QED) is 0.197. The van der Waals surface area contributed by atoms with Gasteiger partial charge in [0.05, 0.1) is 29.5 Å². The number of aliphatic hydroxyl groups is 4. The lowest BCUT2D eigenvalue weighted by molar-refractivity contribution is -0.212. The van der Waals surface area contributed by atoms with Crippen LogP contribution in [0.2, 0.25) is 0 Å². The third kappa shape index (κ3) is 5.49. The fourth-order valence-electron chi connectivity index (χ4n) is 11.6. The summed E-state index contributed by atoms with van der Waals surface area (Å²) in [5.74, 6) is 5.55. The van der Waals surface area contributed by atoms with E-state index in [-0.39, 0.29) is 46.9 Å². The van der Waals surface area contributed by atoms with Crippen molar-refractivity contribution < 1.29 is 39.4 Å². The molecule has 2 heterocycles. The second-order valence-corrected chi connectivity index (χ2v) is 16.5. The standard InChI is InChI=1S/C38H59NO8/c1-22-25(13-16-39-5)33-34(42)37(4,43)31-12-15-38(44)27-21-30(41)28-20-24(46-18-8-17-45-6)11-14-35(28,2)26(27)19-23(36(31,38)3)9-7-10-29(40)32(22)47-33/h21-26,28-29,31-34,39-40,42-44H,8-9,11-20H2,1-6H3. The van der Waals surface area contributed by atoms with Crippen LogP contribution in [-0.4, -0.2) is 102 Å². The average Bonchev–Trinajstić information content (AvgIpc) is 3.52. The number of methoxy groups -OCH3 is 1. The Bertz CT molecular complexity index is 1270. The predicted molar refractivity (Wildman–Crippen MR) is 177 cm³/mol. The molecular formula is C38H59NO8. The Kier molecular flexibility index (Phi) is 9.87. The topological polar surface area (TPSA) is 138 Å². The number of allylic oxidation sites excluding steroid dienone is 1. The van der Waals surface area contributed by atoms with E-state index in [0.29, 0.717) is 45.4 Å². The number of rotatable bonds is 8. The third-order valence-corrected chi connectivity index (χ3v) is 14.4. The molecule has 2 aliphatic heterocycles. The highest BCUT2D eigenvalue weighted by Crippen LogP contribution is 2.71. The van der Waals surface area contributed by atoms with Crippen LogP contribution in [0.15, 0.2) is 11.6 Å². The summed E-state index contributed by atoms with van der Waals surface area (Å²) in [5.41, 5.74) is -3.32. The first-order valence-electron chi connectivity index (χ1n) is 18.2. The molecule has 3 saturated carbocycles. The molecule has 5 N–H and O–H groups in total. The number of ether oxygens (including phenoxy) is 3. The van der Waals surface area contributed by atoms with Gasteiger partial charge in [-0.3, -0.25) is 4.79 Å². The molecule has 0 aromatic heterocycles. The van der Waals surface area contributed by atoms with Gasteiger partial charge in [-0.25, -0.2) is 0 Å². The summed E-state index contributed by atoms with van der Waals surface area (Å²) in [6.07, 6.45) is 4.24. The maximum absolute atomic E-state index is 14.0.